The van der Waals surface area contributed by atoms with Crippen LogP contribution in [0.1, 0.15) is 46.5 Å². The van der Waals surface area contributed by atoms with Crippen LogP contribution in [0.3, 0.4) is 0 Å². The maximum atomic E-state index is 11.8. The zero-order chi connectivity index (χ0) is 12.5. The van der Waals surface area contributed by atoms with E-state index in [2.05, 4.69) is 5.32 Å². The number of rotatable bonds is 3. The Bertz CT molecular complexity index is 278. The van der Waals surface area contributed by atoms with Crippen LogP contribution in [0, 0.1) is 17.8 Å². The molecule has 1 aliphatic heterocycles. The van der Waals surface area contributed by atoms with Crippen LogP contribution in [0.5, 0.6) is 0 Å². The van der Waals surface area contributed by atoms with Crippen LogP contribution in [0.4, 0.5) is 0 Å². The van der Waals surface area contributed by atoms with Gasteiger partial charge in [-0.25, -0.2) is 0 Å². The molecule has 98 valence electrons. The molecule has 1 N–H and O–H groups in total. The van der Waals surface area contributed by atoms with E-state index in [1.165, 1.54) is 19.3 Å². The maximum absolute atomic E-state index is 11.8. The molecule has 0 aromatic rings. The van der Waals surface area contributed by atoms with E-state index in [1.807, 2.05) is 20.8 Å². The van der Waals surface area contributed by atoms with Crippen molar-refractivity contribution in [2.45, 2.75) is 52.1 Å². The van der Waals surface area contributed by atoms with Crippen molar-refractivity contribution in [2.24, 2.45) is 17.8 Å². The van der Waals surface area contributed by atoms with Gasteiger partial charge in [0.1, 0.15) is 5.60 Å². The molecule has 2 rings (SSSR count). The Morgan fingerprint density at radius 2 is 1.94 bits per heavy atom. The molecule has 2 unspecified atom stereocenters. The fraction of sp³-hybridized carbons (Fsp3) is 0.929. The minimum atomic E-state index is -0.352. The number of ether oxygens (including phenoxy) is 1. The van der Waals surface area contributed by atoms with E-state index in [0.717, 1.165) is 24.9 Å². The SMILES string of the molecule is CC(C)(C)OC(=O)CC1CNCC(C2CC2)C1. The number of hydrogen-bond donors (Lipinski definition) is 1. The average Bonchev–Trinajstić information content (AvgIpc) is 2.97. The summed E-state index contributed by atoms with van der Waals surface area (Å²) in [5.41, 5.74) is -0.352. The number of piperidine rings is 1. The smallest absolute Gasteiger partial charge is 0.306 e. The van der Waals surface area contributed by atoms with Gasteiger partial charge in [-0.15, -0.1) is 0 Å². The molecule has 1 heterocycles. The van der Waals surface area contributed by atoms with E-state index >= 15 is 0 Å². The van der Waals surface area contributed by atoms with E-state index in [0.29, 0.717) is 12.3 Å². The Labute approximate surface area is 104 Å². The van der Waals surface area contributed by atoms with Crippen LogP contribution < -0.4 is 5.32 Å². The maximum Gasteiger partial charge on any atom is 0.306 e. The Kier molecular flexibility index (Phi) is 3.76. The summed E-state index contributed by atoms with van der Waals surface area (Å²) in [4.78, 5) is 11.8. The molecular formula is C14H25NO2. The summed E-state index contributed by atoms with van der Waals surface area (Å²) in [6, 6.07) is 0. The van der Waals surface area contributed by atoms with Gasteiger partial charge in [-0.2, -0.15) is 0 Å². The summed E-state index contributed by atoms with van der Waals surface area (Å²) in [5.74, 6) is 2.17. The molecule has 0 radical (unpaired) electrons. The number of nitrogens with one attached hydrogen (secondary N) is 1. The van der Waals surface area contributed by atoms with Crippen LogP contribution in [-0.2, 0) is 9.53 Å². The molecule has 0 aromatic heterocycles. The molecule has 1 saturated heterocycles. The van der Waals surface area contributed by atoms with Gasteiger partial charge in [-0.1, -0.05) is 0 Å². The Balaban J connectivity index is 1.76. The molecule has 0 bridgehead atoms. The zero-order valence-corrected chi connectivity index (χ0v) is 11.3. The first-order valence-electron chi connectivity index (χ1n) is 6.86. The molecule has 1 saturated carbocycles. The van der Waals surface area contributed by atoms with Gasteiger partial charge in [0.05, 0.1) is 0 Å². The molecular weight excluding hydrogens is 214 g/mol. The van der Waals surface area contributed by atoms with Crippen LogP contribution in [0.25, 0.3) is 0 Å². The highest BCUT2D eigenvalue weighted by Gasteiger charge is 2.35. The number of hydrogen-bond acceptors (Lipinski definition) is 3. The second kappa shape index (κ2) is 4.97. The molecule has 2 fully saturated rings. The fourth-order valence-electron chi connectivity index (χ4n) is 2.77. The van der Waals surface area contributed by atoms with Gasteiger partial charge in [0, 0.05) is 6.42 Å². The summed E-state index contributed by atoms with van der Waals surface area (Å²) in [6.45, 7) is 7.91. The van der Waals surface area contributed by atoms with Crippen LogP contribution in [0.2, 0.25) is 0 Å². The van der Waals surface area contributed by atoms with Gasteiger partial charge in [0.25, 0.3) is 0 Å². The highest BCUT2D eigenvalue weighted by Crippen LogP contribution is 2.41. The van der Waals surface area contributed by atoms with E-state index < -0.39 is 0 Å². The largest absolute Gasteiger partial charge is 0.460 e. The third kappa shape index (κ3) is 4.30. The number of carbonyl (C=O) groups excluding carboxylic acids is 1. The van der Waals surface area contributed by atoms with Crippen molar-refractivity contribution in [3.05, 3.63) is 0 Å². The predicted octanol–water partition coefficient (Wildman–Crippen LogP) is 2.35. The summed E-state index contributed by atoms with van der Waals surface area (Å²) < 4.78 is 5.39. The fourth-order valence-corrected chi connectivity index (χ4v) is 2.77. The Morgan fingerprint density at radius 1 is 1.24 bits per heavy atom. The predicted molar refractivity (Wildman–Crippen MR) is 67.7 cm³/mol. The molecule has 0 amide bonds. The molecule has 3 heteroatoms. The molecule has 2 aliphatic rings. The Morgan fingerprint density at radius 3 is 2.53 bits per heavy atom. The third-order valence-electron chi connectivity index (χ3n) is 3.64. The number of carbonyl (C=O) groups is 1. The minimum Gasteiger partial charge on any atom is -0.460 e. The van der Waals surface area contributed by atoms with Gasteiger partial charge in [-0.3, -0.25) is 4.79 Å². The lowest BCUT2D eigenvalue weighted by molar-refractivity contribution is -0.156. The lowest BCUT2D eigenvalue weighted by Gasteiger charge is -2.30. The molecule has 1 aliphatic carbocycles. The molecule has 2 atom stereocenters. The van der Waals surface area contributed by atoms with Crippen molar-refractivity contribution in [1.82, 2.24) is 5.32 Å². The van der Waals surface area contributed by atoms with E-state index in [9.17, 15) is 4.79 Å². The molecule has 3 nitrogen and oxygen atoms in total. The normalized spacial score (nSPS) is 30.1. The lowest BCUT2D eigenvalue weighted by atomic mass is 9.85. The highest BCUT2D eigenvalue weighted by molar-refractivity contribution is 5.70. The summed E-state index contributed by atoms with van der Waals surface area (Å²) in [5, 5.41) is 3.47. The average molecular weight is 239 g/mol. The molecule has 17 heavy (non-hydrogen) atoms. The number of esters is 1. The van der Waals surface area contributed by atoms with Crippen molar-refractivity contribution >= 4 is 5.97 Å². The van der Waals surface area contributed by atoms with Crippen molar-refractivity contribution in [2.75, 3.05) is 13.1 Å². The van der Waals surface area contributed by atoms with Gasteiger partial charge in [0.15, 0.2) is 0 Å². The van der Waals surface area contributed by atoms with Crippen molar-refractivity contribution in [1.29, 1.82) is 0 Å². The lowest BCUT2D eigenvalue weighted by Crippen LogP contribution is -2.38. The summed E-state index contributed by atoms with van der Waals surface area (Å²) in [6.07, 6.45) is 4.57. The van der Waals surface area contributed by atoms with Gasteiger partial charge >= 0.3 is 5.97 Å². The van der Waals surface area contributed by atoms with E-state index in [4.69, 9.17) is 4.74 Å². The van der Waals surface area contributed by atoms with Gasteiger partial charge < -0.3 is 10.1 Å². The van der Waals surface area contributed by atoms with Crippen LogP contribution >= 0.6 is 0 Å². The van der Waals surface area contributed by atoms with Crippen molar-refractivity contribution in [3.63, 3.8) is 0 Å². The van der Waals surface area contributed by atoms with Crippen LogP contribution in [-0.4, -0.2) is 24.7 Å². The van der Waals surface area contributed by atoms with Gasteiger partial charge in [-0.05, 0) is 70.9 Å². The first-order valence-corrected chi connectivity index (χ1v) is 6.86. The van der Waals surface area contributed by atoms with Gasteiger partial charge in [0.2, 0.25) is 0 Å². The van der Waals surface area contributed by atoms with Crippen molar-refractivity contribution in [3.8, 4) is 0 Å². The minimum absolute atomic E-state index is 0.0410. The monoisotopic (exact) mass is 239 g/mol. The standard InChI is InChI=1S/C14H25NO2/c1-14(2,3)17-13(16)7-10-6-12(9-15-8-10)11-4-5-11/h10-12,15H,4-9H2,1-3H3. The second-order valence-electron chi connectivity index (χ2n) is 6.65. The van der Waals surface area contributed by atoms with Crippen molar-refractivity contribution < 1.29 is 9.53 Å². The first kappa shape index (κ1) is 12.9. The Hall–Kier alpha value is -0.570. The third-order valence-corrected chi connectivity index (χ3v) is 3.64. The summed E-state index contributed by atoms with van der Waals surface area (Å²) in [7, 11) is 0. The molecule has 0 aromatic carbocycles. The van der Waals surface area contributed by atoms with Crippen LogP contribution in [0.15, 0.2) is 0 Å². The highest BCUT2D eigenvalue weighted by atomic mass is 16.6. The zero-order valence-electron chi connectivity index (χ0n) is 11.3. The quantitative estimate of drug-likeness (QED) is 0.768. The molecule has 0 spiro atoms. The van der Waals surface area contributed by atoms with E-state index in [1.54, 1.807) is 0 Å². The summed E-state index contributed by atoms with van der Waals surface area (Å²) >= 11 is 0. The van der Waals surface area contributed by atoms with E-state index in [-0.39, 0.29) is 11.6 Å². The first-order chi connectivity index (χ1) is 7.94. The topological polar surface area (TPSA) is 38.3 Å². The second-order valence-corrected chi connectivity index (χ2v) is 6.65.